The SMILES string of the molecule is [2H]C1=CNCCC1. The maximum absolute atomic E-state index is 7.07. The highest BCUT2D eigenvalue weighted by molar-refractivity contribution is 4.83. The molecule has 1 rings (SSSR count). The summed E-state index contributed by atoms with van der Waals surface area (Å²) >= 11 is 0. The van der Waals surface area contributed by atoms with Gasteiger partial charge in [0.2, 0.25) is 0 Å². The minimum atomic E-state index is 0.728. The Morgan fingerprint density at radius 3 is 3.17 bits per heavy atom. The molecule has 0 bridgehead atoms. The van der Waals surface area contributed by atoms with E-state index in [2.05, 4.69) is 5.32 Å². The van der Waals surface area contributed by atoms with Crippen LogP contribution in [0.15, 0.2) is 12.3 Å². The molecule has 0 spiro atoms. The molecular formula is C5H9N. The van der Waals surface area contributed by atoms with E-state index in [1.165, 1.54) is 0 Å². The van der Waals surface area contributed by atoms with Crippen molar-refractivity contribution < 1.29 is 1.37 Å². The van der Waals surface area contributed by atoms with Gasteiger partial charge in [0.05, 0.1) is 1.37 Å². The lowest BCUT2D eigenvalue weighted by atomic mass is 10.2. The normalized spacial score (nSPS) is 24.0. The average Bonchev–Trinajstić information content (AvgIpc) is 1.69. The van der Waals surface area contributed by atoms with Crippen LogP contribution >= 0.6 is 0 Å². The Bertz CT molecular complexity index is 88.1. The molecule has 1 heterocycles. The summed E-state index contributed by atoms with van der Waals surface area (Å²) < 4.78 is 7.07. The zero-order valence-corrected chi connectivity index (χ0v) is 3.70. The highest BCUT2D eigenvalue weighted by atomic mass is 14.8. The van der Waals surface area contributed by atoms with E-state index >= 15 is 0 Å². The third-order valence-electron chi connectivity index (χ3n) is 0.846. The monoisotopic (exact) mass is 84.1 g/mol. The van der Waals surface area contributed by atoms with Crippen LogP contribution in [-0.2, 0) is 0 Å². The average molecular weight is 84.1 g/mol. The van der Waals surface area contributed by atoms with Crippen LogP contribution in [0.4, 0.5) is 0 Å². The maximum atomic E-state index is 7.07. The summed E-state index contributed by atoms with van der Waals surface area (Å²) in [5.41, 5.74) is 0. The van der Waals surface area contributed by atoms with E-state index in [0.717, 1.165) is 25.4 Å². The summed E-state index contributed by atoms with van der Waals surface area (Å²) in [5, 5.41) is 2.98. The second-order valence-electron chi connectivity index (χ2n) is 1.41. The topological polar surface area (TPSA) is 12.0 Å². The van der Waals surface area contributed by atoms with Gasteiger partial charge in [-0.15, -0.1) is 0 Å². The minimum absolute atomic E-state index is 0.728. The highest BCUT2D eigenvalue weighted by Gasteiger charge is 1.84. The molecule has 1 N–H and O–H groups in total. The van der Waals surface area contributed by atoms with Crippen molar-refractivity contribution in [2.24, 2.45) is 0 Å². The van der Waals surface area contributed by atoms with Crippen molar-refractivity contribution in [1.29, 1.82) is 0 Å². The molecule has 1 nitrogen and oxygen atoms in total. The molecule has 1 aliphatic rings. The van der Waals surface area contributed by atoms with Gasteiger partial charge in [-0.05, 0) is 19.0 Å². The van der Waals surface area contributed by atoms with Crippen molar-refractivity contribution in [3.63, 3.8) is 0 Å². The molecule has 34 valence electrons. The summed E-state index contributed by atoms with van der Waals surface area (Å²) in [4.78, 5) is 0. The van der Waals surface area contributed by atoms with Gasteiger partial charge >= 0.3 is 0 Å². The molecule has 0 unspecified atom stereocenters. The van der Waals surface area contributed by atoms with Crippen LogP contribution < -0.4 is 5.32 Å². The van der Waals surface area contributed by atoms with Gasteiger partial charge in [-0.25, -0.2) is 0 Å². The van der Waals surface area contributed by atoms with Gasteiger partial charge in [0.25, 0.3) is 0 Å². The van der Waals surface area contributed by atoms with Gasteiger partial charge < -0.3 is 5.32 Å². The molecule has 6 heavy (non-hydrogen) atoms. The first kappa shape index (κ1) is 2.67. The smallest absolute Gasteiger partial charge is 0.0591 e. The molecule has 0 aliphatic carbocycles. The Morgan fingerprint density at radius 1 is 1.83 bits per heavy atom. The van der Waals surface area contributed by atoms with E-state index in [1.807, 2.05) is 0 Å². The predicted octanol–water partition coefficient (Wildman–Crippen LogP) is 0.883. The van der Waals surface area contributed by atoms with Crippen molar-refractivity contribution >= 4 is 0 Å². The van der Waals surface area contributed by atoms with Crippen LogP contribution in [0, 0.1) is 0 Å². The first-order valence-corrected chi connectivity index (χ1v) is 2.28. The van der Waals surface area contributed by atoms with E-state index in [1.54, 1.807) is 6.20 Å². The van der Waals surface area contributed by atoms with Crippen molar-refractivity contribution in [2.45, 2.75) is 12.8 Å². The van der Waals surface area contributed by atoms with E-state index in [0.29, 0.717) is 0 Å². The number of allylic oxidation sites excluding steroid dienone is 1. The molecule has 0 atom stereocenters. The number of hydrogen-bond donors (Lipinski definition) is 1. The van der Waals surface area contributed by atoms with Crippen LogP contribution in [-0.4, -0.2) is 6.54 Å². The second kappa shape index (κ2) is 1.85. The molecule has 0 fully saturated rings. The van der Waals surface area contributed by atoms with Crippen molar-refractivity contribution in [1.82, 2.24) is 5.32 Å². The van der Waals surface area contributed by atoms with Gasteiger partial charge in [0.15, 0.2) is 0 Å². The number of nitrogens with one attached hydrogen (secondary N) is 1. The van der Waals surface area contributed by atoms with E-state index in [-0.39, 0.29) is 0 Å². The minimum Gasteiger partial charge on any atom is -0.391 e. The van der Waals surface area contributed by atoms with Gasteiger partial charge in [-0.3, -0.25) is 0 Å². The molecule has 1 heteroatoms. The van der Waals surface area contributed by atoms with Crippen LogP contribution in [0.1, 0.15) is 14.2 Å². The zero-order valence-electron chi connectivity index (χ0n) is 4.70. The fraction of sp³-hybridized carbons (Fsp3) is 0.600. The molecule has 0 amide bonds. The Kier molecular flexibility index (Phi) is 0.825. The molecule has 0 saturated heterocycles. The number of hydrogen-bond acceptors (Lipinski definition) is 1. The molecule has 0 aromatic carbocycles. The molecule has 0 aromatic heterocycles. The fourth-order valence-corrected chi connectivity index (χ4v) is 0.509. The lowest BCUT2D eigenvalue weighted by molar-refractivity contribution is 0.728. The van der Waals surface area contributed by atoms with Gasteiger partial charge in [0.1, 0.15) is 0 Å². The third-order valence-corrected chi connectivity index (χ3v) is 0.846. The fourth-order valence-electron chi connectivity index (χ4n) is 0.509. The summed E-state index contributed by atoms with van der Waals surface area (Å²) in [5.74, 6) is 0. The number of rotatable bonds is 0. The van der Waals surface area contributed by atoms with Crippen LogP contribution in [0.3, 0.4) is 0 Å². The molecule has 0 saturated carbocycles. The standard InChI is InChI=1S/C5H9N/c1-2-4-6-5-3-1/h2,4,6H,1,3,5H2/i2D. The van der Waals surface area contributed by atoms with Crippen molar-refractivity contribution in [3.05, 3.63) is 12.3 Å². The summed E-state index contributed by atoms with van der Waals surface area (Å²) in [6, 6.07) is 0.728. The van der Waals surface area contributed by atoms with Crippen molar-refractivity contribution in [3.8, 4) is 0 Å². The first-order chi connectivity index (χ1) is 3.39. The van der Waals surface area contributed by atoms with Crippen LogP contribution in [0.2, 0.25) is 0 Å². The summed E-state index contributed by atoms with van der Waals surface area (Å²) in [6.07, 6.45) is 3.84. The second-order valence-corrected chi connectivity index (χ2v) is 1.41. The maximum Gasteiger partial charge on any atom is 0.0591 e. The molecule has 1 aliphatic heterocycles. The summed E-state index contributed by atoms with van der Waals surface area (Å²) in [7, 11) is 0. The lowest BCUT2D eigenvalue weighted by Gasteiger charge is -2.02. The zero-order chi connectivity index (χ0) is 5.11. The van der Waals surface area contributed by atoms with E-state index in [4.69, 9.17) is 1.37 Å². The lowest BCUT2D eigenvalue weighted by Crippen LogP contribution is -2.09. The summed E-state index contributed by atoms with van der Waals surface area (Å²) in [6.45, 7) is 1.04. The first-order valence-electron chi connectivity index (χ1n) is 2.78. The Morgan fingerprint density at radius 2 is 2.83 bits per heavy atom. The van der Waals surface area contributed by atoms with Crippen LogP contribution in [0.5, 0.6) is 0 Å². The molecule has 0 aromatic rings. The molecule has 0 radical (unpaired) electrons. The Labute approximate surface area is 39.5 Å². The van der Waals surface area contributed by atoms with Gasteiger partial charge in [-0.1, -0.05) is 6.05 Å². The highest BCUT2D eigenvalue weighted by Crippen LogP contribution is 1.91. The Balaban J connectivity index is 2.40. The molecular weight excluding hydrogens is 74.1 g/mol. The quantitative estimate of drug-likeness (QED) is 0.459. The van der Waals surface area contributed by atoms with Gasteiger partial charge in [-0.2, -0.15) is 0 Å². The van der Waals surface area contributed by atoms with Gasteiger partial charge in [0, 0.05) is 6.54 Å². The van der Waals surface area contributed by atoms with Crippen molar-refractivity contribution in [2.75, 3.05) is 6.54 Å². The van der Waals surface area contributed by atoms with E-state index < -0.39 is 0 Å². The van der Waals surface area contributed by atoms with Crippen LogP contribution in [0.25, 0.3) is 0 Å². The van der Waals surface area contributed by atoms with E-state index in [9.17, 15) is 0 Å². The third kappa shape index (κ3) is 0.744. The predicted molar refractivity (Wildman–Crippen MR) is 26.4 cm³/mol. The largest absolute Gasteiger partial charge is 0.391 e. The Hall–Kier alpha value is -0.460.